The number of anilines is 1. The van der Waals surface area contributed by atoms with E-state index >= 15 is 0 Å². The smallest absolute Gasteiger partial charge is 0.381 e. The molecule has 0 radical (unpaired) electrons. The normalized spacial score (nSPS) is 13.6. The summed E-state index contributed by atoms with van der Waals surface area (Å²) < 4.78 is 36.3. The molecule has 1 aromatic carbocycles. The van der Waals surface area contributed by atoms with E-state index in [2.05, 4.69) is 5.32 Å². The largest absolute Gasteiger partial charge is 0.391 e. The minimum atomic E-state index is -4.16. The molecule has 1 rings (SSSR count). The molecule has 5 heteroatoms. The van der Waals surface area contributed by atoms with Crippen LogP contribution in [0.5, 0.6) is 0 Å². The molecule has 1 nitrogen and oxygen atoms in total. The fourth-order valence-corrected chi connectivity index (χ4v) is 1.69. The van der Waals surface area contributed by atoms with Crippen LogP contribution >= 0.6 is 11.6 Å². The summed E-state index contributed by atoms with van der Waals surface area (Å²) in [4.78, 5) is 0. The van der Waals surface area contributed by atoms with E-state index < -0.39 is 18.6 Å². The quantitative estimate of drug-likeness (QED) is 0.840. The van der Waals surface area contributed by atoms with E-state index in [1.54, 1.807) is 18.2 Å². The van der Waals surface area contributed by atoms with E-state index in [1.165, 1.54) is 6.92 Å². The molecule has 0 aliphatic rings. The lowest BCUT2D eigenvalue weighted by molar-refractivity contribution is -0.136. The Labute approximate surface area is 97.6 Å². The molecular formula is C11H13ClF3N. The van der Waals surface area contributed by atoms with Gasteiger partial charge in [-0.1, -0.05) is 17.7 Å². The molecule has 0 aromatic heterocycles. The zero-order chi connectivity index (χ0) is 12.3. The number of halogens is 4. The van der Waals surface area contributed by atoms with Crippen molar-refractivity contribution in [3.63, 3.8) is 0 Å². The molecular weight excluding hydrogens is 239 g/mol. The van der Waals surface area contributed by atoms with Crippen molar-refractivity contribution in [2.24, 2.45) is 0 Å². The monoisotopic (exact) mass is 251 g/mol. The van der Waals surface area contributed by atoms with Crippen LogP contribution in [0.25, 0.3) is 0 Å². The highest BCUT2D eigenvalue weighted by Gasteiger charge is 2.30. The second-order valence-corrected chi connectivity index (χ2v) is 4.26. The second-order valence-electron chi connectivity index (χ2n) is 3.85. The topological polar surface area (TPSA) is 12.0 Å². The fraction of sp³-hybridized carbons (Fsp3) is 0.455. The van der Waals surface area contributed by atoms with E-state index in [4.69, 9.17) is 11.6 Å². The highest BCUT2D eigenvalue weighted by Crippen LogP contribution is 2.27. The average molecular weight is 252 g/mol. The van der Waals surface area contributed by atoms with Gasteiger partial charge in [0, 0.05) is 6.04 Å². The molecule has 0 aliphatic carbocycles. The standard InChI is InChI=1S/C11H13ClF3N/c1-7-3-4-10(9(12)5-7)16-8(2)6-11(13,14)15/h3-5,8,16H,6H2,1-2H3. The first-order valence-electron chi connectivity index (χ1n) is 4.87. The van der Waals surface area contributed by atoms with Gasteiger partial charge in [-0.05, 0) is 31.5 Å². The molecule has 0 saturated heterocycles. The Morgan fingerprint density at radius 3 is 2.50 bits per heavy atom. The number of benzene rings is 1. The molecule has 0 spiro atoms. The second kappa shape index (κ2) is 4.95. The molecule has 0 saturated carbocycles. The molecule has 0 heterocycles. The van der Waals surface area contributed by atoms with Crippen molar-refractivity contribution in [1.29, 1.82) is 0 Å². The molecule has 0 amide bonds. The van der Waals surface area contributed by atoms with Crippen molar-refractivity contribution in [3.05, 3.63) is 28.8 Å². The maximum absolute atomic E-state index is 12.1. The molecule has 1 aromatic rings. The summed E-state index contributed by atoms with van der Waals surface area (Å²) in [5.41, 5.74) is 1.50. The Morgan fingerprint density at radius 2 is 2.00 bits per heavy atom. The molecule has 1 atom stereocenters. The lowest BCUT2D eigenvalue weighted by Gasteiger charge is -2.18. The van der Waals surface area contributed by atoms with E-state index in [0.29, 0.717) is 10.7 Å². The van der Waals surface area contributed by atoms with Gasteiger partial charge in [0.2, 0.25) is 0 Å². The molecule has 0 bridgehead atoms. The van der Waals surface area contributed by atoms with Crippen molar-refractivity contribution in [2.45, 2.75) is 32.5 Å². The van der Waals surface area contributed by atoms with Crippen LogP contribution in [0.3, 0.4) is 0 Å². The van der Waals surface area contributed by atoms with Crippen LogP contribution in [-0.2, 0) is 0 Å². The van der Waals surface area contributed by atoms with Crippen molar-refractivity contribution in [3.8, 4) is 0 Å². The Kier molecular flexibility index (Phi) is 4.08. The molecule has 16 heavy (non-hydrogen) atoms. The summed E-state index contributed by atoms with van der Waals surface area (Å²) in [6, 6.07) is 4.50. The van der Waals surface area contributed by atoms with Crippen LogP contribution < -0.4 is 5.32 Å². The summed E-state index contributed by atoms with van der Waals surface area (Å²) in [6.45, 7) is 3.35. The van der Waals surface area contributed by atoms with Crippen molar-refractivity contribution < 1.29 is 13.2 Å². The number of nitrogens with one attached hydrogen (secondary N) is 1. The molecule has 1 N–H and O–H groups in total. The van der Waals surface area contributed by atoms with Gasteiger partial charge >= 0.3 is 6.18 Å². The Bertz CT molecular complexity index is 363. The summed E-state index contributed by atoms with van der Waals surface area (Å²) in [5.74, 6) is 0. The van der Waals surface area contributed by atoms with Crippen LogP contribution in [-0.4, -0.2) is 12.2 Å². The molecule has 90 valence electrons. The van der Waals surface area contributed by atoms with E-state index in [0.717, 1.165) is 5.56 Å². The van der Waals surface area contributed by atoms with Crippen molar-refractivity contribution >= 4 is 17.3 Å². The first kappa shape index (κ1) is 13.2. The van der Waals surface area contributed by atoms with E-state index in [1.807, 2.05) is 6.92 Å². The zero-order valence-corrected chi connectivity index (χ0v) is 9.78. The zero-order valence-electron chi connectivity index (χ0n) is 9.03. The lowest BCUT2D eigenvalue weighted by Crippen LogP contribution is -2.23. The number of aryl methyl sites for hydroxylation is 1. The number of hydrogen-bond donors (Lipinski definition) is 1. The Hall–Kier alpha value is -0.900. The van der Waals surface area contributed by atoms with Gasteiger partial charge in [0.05, 0.1) is 17.1 Å². The van der Waals surface area contributed by atoms with Crippen LogP contribution in [0, 0.1) is 6.92 Å². The van der Waals surface area contributed by atoms with Crippen LogP contribution in [0.15, 0.2) is 18.2 Å². The summed E-state index contributed by atoms with van der Waals surface area (Å²) in [6.07, 6.45) is -5.04. The first-order valence-corrected chi connectivity index (χ1v) is 5.25. The average Bonchev–Trinajstić information content (AvgIpc) is 2.06. The van der Waals surface area contributed by atoms with Gasteiger partial charge in [0.1, 0.15) is 0 Å². The highest BCUT2D eigenvalue weighted by atomic mass is 35.5. The maximum Gasteiger partial charge on any atom is 0.391 e. The third-order valence-electron chi connectivity index (χ3n) is 2.06. The molecule has 0 aliphatic heterocycles. The van der Waals surface area contributed by atoms with Crippen LogP contribution in [0.2, 0.25) is 5.02 Å². The highest BCUT2D eigenvalue weighted by molar-refractivity contribution is 6.33. The minimum absolute atomic E-state index is 0.439. The summed E-state index contributed by atoms with van der Waals surface area (Å²) in [7, 11) is 0. The van der Waals surface area contributed by atoms with Gasteiger partial charge in [0.15, 0.2) is 0 Å². The SMILES string of the molecule is Cc1ccc(NC(C)CC(F)(F)F)c(Cl)c1. The van der Waals surface area contributed by atoms with Gasteiger partial charge in [-0.25, -0.2) is 0 Å². The van der Waals surface area contributed by atoms with Gasteiger partial charge < -0.3 is 5.32 Å². The Morgan fingerprint density at radius 1 is 1.38 bits per heavy atom. The third-order valence-corrected chi connectivity index (χ3v) is 2.38. The van der Waals surface area contributed by atoms with Crippen LogP contribution in [0.1, 0.15) is 18.9 Å². The predicted molar refractivity (Wildman–Crippen MR) is 59.9 cm³/mol. The fourth-order valence-electron chi connectivity index (χ4n) is 1.40. The van der Waals surface area contributed by atoms with Gasteiger partial charge in [-0.3, -0.25) is 0 Å². The first-order chi connectivity index (χ1) is 7.28. The van der Waals surface area contributed by atoms with Crippen LogP contribution in [0.4, 0.5) is 18.9 Å². The third kappa shape index (κ3) is 4.31. The van der Waals surface area contributed by atoms with Gasteiger partial charge in [-0.15, -0.1) is 0 Å². The number of alkyl halides is 3. The Balaban J connectivity index is 2.66. The predicted octanol–water partition coefficient (Wildman–Crippen LogP) is 4.40. The van der Waals surface area contributed by atoms with Crippen molar-refractivity contribution in [2.75, 3.05) is 5.32 Å². The molecule has 0 fully saturated rings. The van der Waals surface area contributed by atoms with Gasteiger partial charge in [-0.2, -0.15) is 13.2 Å². The van der Waals surface area contributed by atoms with Gasteiger partial charge in [0.25, 0.3) is 0 Å². The summed E-state index contributed by atoms with van der Waals surface area (Å²) in [5, 5.41) is 3.18. The lowest BCUT2D eigenvalue weighted by atomic mass is 10.2. The van der Waals surface area contributed by atoms with E-state index in [9.17, 15) is 13.2 Å². The maximum atomic E-state index is 12.1. The number of hydrogen-bond acceptors (Lipinski definition) is 1. The summed E-state index contributed by atoms with van der Waals surface area (Å²) >= 11 is 5.90. The van der Waals surface area contributed by atoms with E-state index in [-0.39, 0.29) is 0 Å². The minimum Gasteiger partial charge on any atom is -0.381 e. The van der Waals surface area contributed by atoms with Crippen molar-refractivity contribution in [1.82, 2.24) is 0 Å². The number of rotatable bonds is 3. The molecule has 1 unspecified atom stereocenters.